The number of nitrogens with one attached hydrogen (secondary N) is 3. The van der Waals surface area contributed by atoms with E-state index in [1.165, 1.54) is 36.5 Å². The van der Waals surface area contributed by atoms with Gasteiger partial charge in [0.15, 0.2) is 0 Å². The highest BCUT2D eigenvalue weighted by Gasteiger charge is 2.34. The maximum absolute atomic E-state index is 13.0. The number of aliphatic hydroxyl groups is 1. The van der Waals surface area contributed by atoms with Crippen LogP contribution in [0.3, 0.4) is 0 Å². The van der Waals surface area contributed by atoms with E-state index in [1.807, 2.05) is 0 Å². The molecular weight excluding hydrogens is 445 g/mol. The Balaban J connectivity index is 2.17. The van der Waals surface area contributed by atoms with Gasteiger partial charge in [-0.15, -0.1) is 11.3 Å². The van der Waals surface area contributed by atoms with Gasteiger partial charge in [-0.05, 0) is 43.9 Å². The number of nitrogens with zero attached hydrogens (tertiary/aromatic N) is 1. The molecule has 0 fully saturated rings. The highest BCUT2D eigenvalue weighted by atomic mass is 32.1. The molecule has 1 aliphatic rings. The lowest BCUT2D eigenvalue weighted by atomic mass is 9.95. The number of amides is 2. The van der Waals surface area contributed by atoms with E-state index < -0.39 is 17.7 Å². The van der Waals surface area contributed by atoms with Gasteiger partial charge in [-0.25, -0.2) is 0 Å². The van der Waals surface area contributed by atoms with Crippen LogP contribution in [0.4, 0.5) is 18.2 Å². The van der Waals surface area contributed by atoms with Crippen LogP contribution in [0.2, 0.25) is 0 Å². The number of likely N-dealkylation sites (N-methyl/N-ethyl adjacent to an activating group) is 2. The number of hydrogen-bond donors (Lipinski definition) is 4. The van der Waals surface area contributed by atoms with Crippen molar-refractivity contribution in [2.24, 2.45) is 0 Å². The number of anilines is 1. The summed E-state index contributed by atoms with van der Waals surface area (Å²) in [7, 11) is 3.01. The zero-order valence-corrected chi connectivity index (χ0v) is 19.0. The predicted molar refractivity (Wildman–Crippen MR) is 119 cm³/mol. The average molecular weight is 475 g/mol. The van der Waals surface area contributed by atoms with E-state index in [0.29, 0.717) is 10.6 Å². The molecule has 0 bridgehead atoms. The second-order valence-corrected chi connectivity index (χ2v) is 8.62. The molecule has 2 amide bonds. The van der Waals surface area contributed by atoms with Crippen LogP contribution in [0.5, 0.6) is 0 Å². The highest BCUT2D eigenvalue weighted by Crippen LogP contribution is 2.38. The number of rotatable bonds is 10. The maximum atomic E-state index is 13.0. The lowest BCUT2D eigenvalue weighted by molar-refractivity contribution is -0.116. The van der Waals surface area contributed by atoms with Crippen LogP contribution in [0.15, 0.2) is 23.9 Å². The normalized spacial score (nSPS) is 14.0. The van der Waals surface area contributed by atoms with Crippen molar-refractivity contribution in [2.45, 2.75) is 31.9 Å². The molecule has 32 heavy (non-hydrogen) atoms. The molecule has 1 aromatic heterocycles. The van der Waals surface area contributed by atoms with Crippen molar-refractivity contribution in [3.63, 3.8) is 0 Å². The number of carbonyl (C=O) groups is 2. The first kappa shape index (κ1) is 25.9. The minimum atomic E-state index is -4.57. The number of halogens is 3. The molecule has 0 aromatic carbocycles. The number of thiophene rings is 1. The Morgan fingerprint density at radius 3 is 2.59 bits per heavy atom. The molecule has 0 saturated carbocycles. The first-order valence-corrected chi connectivity index (χ1v) is 11.1. The number of aryl methyl sites for hydroxylation is 1. The largest absolute Gasteiger partial charge is 0.416 e. The van der Waals surface area contributed by atoms with Crippen molar-refractivity contribution in [1.29, 1.82) is 0 Å². The van der Waals surface area contributed by atoms with Crippen molar-refractivity contribution in [3.05, 3.63) is 39.9 Å². The van der Waals surface area contributed by atoms with Crippen LogP contribution in [0.25, 0.3) is 0 Å². The van der Waals surface area contributed by atoms with Crippen LogP contribution < -0.4 is 16.0 Å². The molecule has 0 spiro atoms. The zero-order valence-electron chi connectivity index (χ0n) is 18.2. The number of alkyl halides is 3. The van der Waals surface area contributed by atoms with E-state index in [-0.39, 0.29) is 37.7 Å². The number of hydrogen-bond acceptors (Lipinski definition) is 6. The third kappa shape index (κ3) is 6.81. The molecule has 0 radical (unpaired) electrons. The van der Waals surface area contributed by atoms with Gasteiger partial charge < -0.3 is 26.0 Å². The molecule has 7 nitrogen and oxygen atoms in total. The van der Waals surface area contributed by atoms with Crippen molar-refractivity contribution in [2.75, 3.05) is 45.7 Å². The smallest absolute Gasteiger partial charge is 0.395 e. The molecule has 0 atom stereocenters. The Morgan fingerprint density at radius 1 is 1.28 bits per heavy atom. The van der Waals surface area contributed by atoms with E-state index >= 15 is 0 Å². The number of carbonyl (C=O) groups excluding carboxylic acids is 2. The Bertz CT molecular complexity index is 880. The monoisotopic (exact) mass is 474 g/mol. The summed E-state index contributed by atoms with van der Waals surface area (Å²) in [5.41, 5.74) is 0.267. The summed E-state index contributed by atoms with van der Waals surface area (Å²) in [5.74, 6) is -0.820. The highest BCUT2D eigenvalue weighted by molar-refractivity contribution is 7.17. The lowest BCUT2D eigenvalue weighted by Crippen LogP contribution is -2.30. The van der Waals surface area contributed by atoms with E-state index in [2.05, 4.69) is 22.5 Å². The topological polar surface area (TPSA) is 93.7 Å². The van der Waals surface area contributed by atoms with Gasteiger partial charge in [0.25, 0.3) is 5.91 Å². The van der Waals surface area contributed by atoms with E-state index in [9.17, 15) is 22.8 Å². The summed E-state index contributed by atoms with van der Waals surface area (Å²) in [6, 6.07) is 0. The van der Waals surface area contributed by atoms with Crippen molar-refractivity contribution < 1.29 is 27.9 Å². The fourth-order valence-electron chi connectivity index (χ4n) is 3.46. The standard InChI is InChI=1S/C21H29F3N4O3S/c1-13(21(22,23)24)14(10-25-2)11-28(3)12-17(30)27-20-18(19(31)26-8-9-29)15-6-4-5-7-16(15)32-20/h11,25,29H,1,4-10,12H2,2-3H3,(H,26,31)(H,27,30)/b14-11-. The fraction of sp³-hybridized carbons (Fsp3) is 0.524. The van der Waals surface area contributed by atoms with Gasteiger partial charge in [0, 0.05) is 31.2 Å². The minimum absolute atomic E-state index is 0.0584. The molecule has 4 N–H and O–H groups in total. The first-order valence-electron chi connectivity index (χ1n) is 10.2. The molecule has 2 rings (SSSR count). The summed E-state index contributed by atoms with van der Waals surface area (Å²) >= 11 is 1.35. The Hall–Kier alpha value is -2.37. The van der Waals surface area contributed by atoms with Gasteiger partial charge in [0.05, 0.1) is 24.3 Å². The molecule has 1 heterocycles. The molecule has 11 heteroatoms. The van der Waals surface area contributed by atoms with E-state index in [1.54, 1.807) is 0 Å². The summed E-state index contributed by atoms with van der Waals surface area (Å²) in [6.45, 7) is 2.75. The van der Waals surface area contributed by atoms with Gasteiger partial charge in [-0.1, -0.05) is 6.58 Å². The van der Waals surface area contributed by atoms with Crippen LogP contribution >= 0.6 is 11.3 Å². The molecular formula is C21H29F3N4O3S. The van der Waals surface area contributed by atoms with Gasteiger partial charge >= 0.3 is 6.18 Å². The van der Waals surface area contributed by atoms with Gasteiger partial charge in [0.2, 0.25) is 5.91 Å². The molecule has 1 aliphatic carbocycles. The molecule has 1 aromatic rings. The SMILES string of the molecule is C=C(/C(=C\N(C)CC(=O)Nc1sc2c(c1C(=O)NCCO)CCCC2)CNC)C(F)(F)F. The Labute approximate surface area is 189 Å². The van der Waals surface area contributed by atoms with Gasteiger partial charge in [-0.3, -0.25) is 9.59 Å². The van der Waals surface area contributed by atoms with Gasteiger partial charge in [-0.2, -0.15) is 13.2 Å². The second-order valence-electron chi connectivity index (χ2n) is 7.52. The third-order valence-corrected chi connectivity index (χ3v) is 6.12. The summed E-state index contributed by atoms with van der Waals surface area (Å²) in [6.07, 6.45) is 0.176. The van der Waals surface area contributed by atoms with Crippen LogP contribution in [-0.4, -0.2) is 68.3 Å². The fourth-order valence-corrected chi connectivity index (χ4v) is 4.76. The Morgan fingerprint density at radius 2 is 1.97 bits per heavy atom. The average Bonchev–Trinajstić information content (AvgIpc) is 3.07. The van der Waals surface area contributed by atoms with Gasteiger partial charge in [0.1, 0.15) is 5.00 Å². The van der Waals surface area contributed by atoms with Crippen LogP contribution in [-0.2, 0) is 17.6 Å². The molecule has 0 saturated heterocycles. The minimum Gasteiger partial charge on any atom is -0.395 e. The zero-order chi connectivity index (χ0) is 23.9. The summed E-state index contributed by atoms with van der Waals surface area (Å²) < 4.78 is 39.1. The number of aliphatic hydroxyl groups excluding tert-OH is 1. The first-order chi connectivity index (χ1) is 15.1. The van der Waals surface area contributed by atoms with E-state index in [4.69, 9.17) is 5.11 Å². The lowest BCUT2D eigenvalue weighted by Gasteiger charge is -2.19. The quantitative estimate of drug-likeness (QED) is 0.391. The summed E-state index contributed by atoms with van der Waals surface area (Å²) in [5, 5.41) is 17.5. The summed E-state index contributed by atoms with van der Waals surface area (Å²) in [4.78, 5) is 27.7. The van der Waals surface area contributed by atoms with Crippen molar-refractivity contribution >= 4 is 28.2 Å². The molecule has 0 aliphatic heterocycles. The maximum Gasteiger partial charge on any atom is 0.416 e. The second kappa shape index (κ2) is 11.5. The van der Waals surface area contributed by atoms with Crippen molar-refractivity contribution in [3.8, 4) is 0 Å². The van der Waals surface area contributed by atoms with Crippen LogP contribution in [0.1, 0.15) is 33.6 Å². The van der Waals surface area contributed by atoms with Crippen LogP contribution in [0, 0.1) is 0 Å². The molecule has 0 unspecified atom stereocenters. The molecule has 178 valence electrons. The predicted octanol–water partition coefficient (Wildman–Crippen LogP) is 2.44. The van der Waals surface area contributed by atoms with Crippen molar-refractivity contribution in [1.82, 2.24) is 15.5 Å². The van der Waals surface area contributed by atoms with E-state index in [0.717, 1.165) is 36.1 Å². The Kier molecular flexibility index (Phi) is 9.29. The third-order valence-electron chi connectivity index (χ3n) is 4.91. The number of fused-ring (bicyclic) bond motifs is 1.